The van der Waals surface area contributed by atoms with Crippen molar-refractivity contribution in [2.24, 2.45) is 0 Å². The summed E-state index contributed by atoms with van der Waals surface area (Å²) in [6.45, 7) is 3.41. The van der Waals surface area contributed by atoms with Gasteiger partial charge in [0.2, 0.25) is 0 Å². The molecule has 0 spiro atoms. The zero-order chi connectivity index (χ0) is 11.4. The first-order valence-corrected chi connectivity index (χ1v) is 5.48. The molecule has 0 bridgehead atoms. The van der Waals surface area contributed by atoms with E-state index in [9.17, 15) is 0 Å². The van der Waals surface area contributed by atoms with Crippen molar-refractivity contribution in [1.29, 1.82) is 0 Å². The van der Waals surface area contributed by atoms with Gasteiger partial charge in [0.1, 0.15) is 16.7 Å². The Morgan fingerprint density at radius 2 is 2.06 bits per heavy atom. The summed E-state index contributed by atoms with van der Waals surface area (Å²) in [5, 5.41) is 3.79. The number of pyridine rings is 1. The highest BCUT2D eigenvalue weighted by atomic mass is 35.5. The number of halogens is 2. The molecule has 0 aliphatic rings. The van der Waals surface area contributed by atoms with Crippen LogP contribution in [0.3, 0.4) is 0 Å². The molecular weight excluding hydrogens is 259 g/mol. The van der Waals surface area contributed by atoms with Crippen molar-refractivity contribution < 1.29 is 4.42 Å². The number of aryl methyl sites for hydroxylation is 1. The fraction of sp³-hybridized carbons (Fsp3) is 0.250. The van der Waals surface area contributed by atoms with Gasteiger partial charge in [-0.1, -0.05) is 17.7 Å². The largest absolute Gasteiger partial charge is 0.465 e. The molecule has 0 radical (unpaired) electrons. The lowest BCUT2D eigenvalue weighted by Gasteiger charge is -2.02. The van der Waals surface area contributed by atoms with Gasteiger partial charge in [0, 0.05) is 12.7 Å². The maximum atomic E-state index is 5.70. The van der Waals surface area contributed by atoms with Gasteiger partial charge in [-0.05, 0) is 30.7 Å². The molecule has 0 aliphatic heterocycles. The third-order valence-electron chi connectivity index (χ3n) is 2.21. The molecule has 0 aromatic carbocycles. The summed E-state index contributed by atoms with van der Waals surface area (Å²) < 4.78 is 5.44. The van der Waals surface area contributed by atoms with E-state index in [1.807, 2.05) is 25.1 Å². The van der Waals surface area contributed by atoms with Crippen LogP contribution in [0.4, 0.5) is 0 Å². The van der Waals surface area contributed by atoms with Gasteiger partial charge in [-0.3, -0.25) is 0 Å². The Morgan fingerprint density at radius 3 is 2.65 bits per heavy atom. The number of hydrogen-bond acceptors (Lipinski definition) is 3. The maximum absolute atomic E-state index is 5.70. The van der Waals surface area contributed by atoms with Crippen molar-refractivity contribution in [3.05, 3.63) is 52.7 Å². The standard InChI is InChI=1S/C12H13ClN2O.ClH/c1-9-2-4-11(16-9)8-14-6-10-3-5-12(13)15-7-10;/h2-5,7,14H,6,8H2,1H3;1H. The smallest absolute Gasteiger partial charge is 0.129 e. The number of nitrogens with zero attached hydrogens (tertiary/aromatic N) is 1. The molecule has 17 heavy (non-hydrogen) atoms. The molecule has 0 fully saturated rings. The third kappa shape index (κ3) is 4.38. The summed E-state index contributed by atoms with van der Waals surface area (Å²) in [4.78, 5) is 4.01. The SMILES string of the molecule is Cc1ccc(CNCc2ccc(Cl)nc2)o1.Cl. The lowest BCUT2D eigenvalue weighted by molar-refractivity contribution is 0.461. The van der Waals surface area contributed by atoms with E-state index in [2.05, 4.69) is 10.3 Å². The number of nitrogens with one attached hydrogen (secondary N) is 1. The van der Waals surface area contributed by atoms with Crippen LogP contribution in [0.15, 0.2) is 34.9 Å². The summed E-state index contributed by atoms with van der Waals surface area (Å²) in [5.41, 5.74) is 1.10. The molecule has 0 saturated carbocycles. The normalized spacial score (nSPS) is 10.0. The molecule has 2 rings (SSSR count). The molecule has 2 aromatic heterocycles. The lowest BCUT2D eigenvalue weighted by atomic mass is 10.3. The Kier molecular flexibility index (Phi) is 5.48. The van der Waals surface area contributed by atoms with Crippen molar-refractivity contribution in [3.63, 3.8) is 0 Å². The maximum Gasteiger partial charge on any atom is 0.129 e. The van der Waals surface area contributed by atoms with Crippen LogP contribution in [0, 0.1) is 6.92 Å². The molecule has 0 saturated heterocycles. The average Bonchev–Trinajstić information content (AvgIpc) is 2.67. The van der Waals surface area contributed by atoms with Crippen molar-refractivity contribution >= 4 is 24.0 Å². The fourth-order valence-electron chi connectivity index (χ4n) is 1.42. The van der Waals surface area contributed by atoms with Gasteiger partial charge in [-0.25, -0.2) is 4.98 Å². The fourth-order valence-corrected chi connectivity index (χ4v) is 1.53. The highest BCUT2D eigenvalue weighted by Gasteiger charge is 1.98. The summed E-state index contributed by atoms with van der Waals surface area (Å²) in [7, 11) is 0. The zero-order valence-corrected chi connectivity index (χ0v) is 11.0. The minimum Gasteiger partial charge on any atom is -0.465 e. The van der Waals surface area contributed by atoms with E-state index < -0.39 is 0 Å². The van der Waals surface area contributed by atoms with E-state index in [1.54, 1.807) is 12.3 Å². The van der Waals surface area contributed by atoms with Crippen LogP contribution in [-0.4, -0.2) is 4.98 Å². The van der Waals surface area contributed by atoms with E-state index in [0.717, 1.165) is 30.2 Å². The summed E-state index contributed by atoms with van der Waals surface area (Å²) >= 11 is 5.70. The Morgan fingerprint density at radius 1 is 1.24 bits per heavy atom. The number of hydrogen-bond donors (Lipinski definition) is 1. The highest BCUT2D eigenvalue weighted by molar-refractivity contribution is 6.29. The summed E-state index contributed by atoms with van der Waals surface area (Å²) in [6.07, 6.45) is 1.77. The first kappa shape index (κ1) is 14.0. The van der Waals surface area contributed by atoms with E-state index in [0.29, 0.717) is 5.15 Å². The Hall–Kier alpha value is -1.03. The van der Waals surface area contributed by atoms with E-state index in [-0.39, 0.29) is 12.4 Å². The van der Waals surface area contributed by atoms with Gasteiger partial charge in [0.25, 0.3) is 0 Å². The lowest BCUT2D eigenvalue weighted by Crippen LogP contribution is -2.12. The van der Waals surface area contributed by atoms with Crippen LogP contribution in [0.2, 0.25) is 5.15 Å². The van der Waals surface area contributed by atoms with E-state index in [4.69, 9.17) is 16.0 Å². The molecular formula is C12H14Cl2N2O. The predicted octanol–water partition coefficient (Wildman–Crippen LogP) is 3.35. The highest BCUT2D eigenvalue weighted by Crippen LogP contribution is 2.07. The van der Waals surface area contributed by atoms with Crippen molar-refractivity contribution in [3.8, 4) is 0 Å². The van der Waals surface area contributed by atoms with Crippen LogP contribution in [0.5, 0.6) is 0 Å². The molecule has 1 N–H and O–H groups in total. The van der Waals surface area contributed by atoms with Gasteiger partial charge < -0.3 is 9.73 Å². The zero-order valence-electron chi connectivity index (χ0n) is 9.44. The molecule has 0 unspecified atom stereocenters. The number of aromatic nitrogens is 1. The molecule has 0 atom stereocenters. The molecule has 0 amide bonds. The molecule has 0 aliphatic carbocycles. The minimum atomic E-state index is 0. The van der Waals surface area contributed by atoms with Crippen molar-refractivity contribution in [2.75, 3.05) is 0 Å². The second kappa shape index (κ2) is 6.64. The van der Waals surface area contributed by atoms with Crippen molar-refractivity contribution in [2.45, 2.75) is 20.0 Å². The summed E-state index contributed by atoms with van der Waals surface area (Å²) in [5.74, 6) is 1.88. The molecule has 5 heteroatoms. The van der Waals surface area contributed by atoms with Crippen LogP contribution in [0.25, 0.3) is 0 Å². The van der Waals surface area contributed by atoms with Crippen molar-refractivity contribution in [1.82, 2.24) is 10.3 Å². The quantitative estimate of drug-likeness (QED) is 0.868. The monoisotopic (exact) mass is 272 g/mol. The van der Waals surface area contributed by atoms with Crippen LogP contribution in [0.1, 0.15) is 17.1 Å². The first-order valence-electron chi connectivity index (χ1n) is 5.10. The summed E-state index contributed by atoms with van der Waals surface area (Å²) in [6, 6.07) is 7.68. The Labute approximate surface area is 112 Å². The van der Waals surface area contributed by atoms with Crippen LogP contribution in [-0.2, 0) is 13.1 Å². The van der Waals surface area contributed by atoms with E-state index >= 15 is 0 Å². The van der Waals surface area contributed by atoms with E-state index in [1.165, 1.54) is 0 Å². The van der Waals surface area contributed by atoms with Gasteiger partial charge in [0.05, 0.1) is 6.54 Å². The Balaban J connectivity index is 0.00000144. The topological polar surface area (TPSA) is 38.1 Å². The van der Waals surface area contributed by atoms with Crippen LogP contribution < -0.4 is 5.32 Å². The molecule has 3 nitrogen and oxygen atoms in total. The average molecular weight is 273 g/mol. The number of furan rings is 1. The Bertz CT molecular complexity index is 454. The minimum absolute atomic E-state index is 0. The van der Waals surface area contributed by atoms with Gasteiger partial charge in [-0.2, -0.15) is 0 Å². The molecule has 2 heterocycles. The van der Waals surface area contributed by atoms with Gasteiger partial charge >= 0.3 is 0 Å². The second-order valence-electron chi connectivity index (χ2n) is 3.61. The van der Waals surface area contributed by atoms with Gasteiger partial charge in [-0.15, -0.1) is 12.4 Å². The predicted molar refractivity (Wildman–Crippen MR) is 70.5 cm³/mol. The first-order chi connectivity index (χ1) is 7.74. The molecule has 2 aromatic rings. The number of rotatable bonds is 4. The third-order valence-corrected chi connectivity index (χ3v) is 2.44. The van der Waals surface area contributed by atoms with Crippen LogP contribution >= 0.6 is 24.0 Å². The molecule has 92 valence electrons. The van der Waals surface area contributed by atoms with Gasteiger partial charge in [0.15, 0.2) is 0 Å². The second-order valence-corrected chi connectivity index (χ2v) is 3.99.